The van der Waals surface area contributed by atoms with Crippen molar-refractivity contribution in [2.45, 2.75) is 18.8 Å². The average Bonchev–Trinajstić information content (AvgIpc) is 2.26. The van der Waals surface area contributed by atoms with Crippen molar-refractivity contribution in [3.05, 3.63) is 34.6 Å². The van der Waals surface area contributed by atoms with Crippen molar-refractivity contribution in [3.8, 4) is 0 Å². The fourth-order valence-electron chi connectivity index (χ4n) is 1.50. The zero-order valence-electron chi connectivity index (χ0n) is 9.24. The molecule has 90 valence electrons. The Kier molecular flexibility index (Phi) is 5.15. The van der Waals surface area contributed by atoms with Crippen molar-refractivity contribution in [3.63, 3.8) is 0 Å². The van der Waals surface area contributed by atoms with Gasteiger partial charge in [0.15, 0.2) is 6.29 Å². The van der Waals surface area contributed by atoms with E-state index < -0.39 is 18.1 Å². The molecule has 0 fully saturated rings. The highest BCUT2D eigenvalue weighted by atomic mass is 35.5. The first-order valence-corrected chi connectivity index (χ1v) is 5.22. The van der Waals surface area contributed by atoms with E-state index in [9.17, 15) is 4.39 Å². The largest absolute Gasteiger partial charge is 0.354 e. The molecule has 0 radical (unpaired) electrons. The first-order valence-electron chi connectivity index (χ1n) is 4.84. The summed E-state index contributed by atoms with van der Waals surface area (Å²) in [5, 5.41) is 0.101. The number of hydrogen-bond acceptors (Lipinski definition) is 3. The molecule has 0 aromatic heterocycles. The molecule has 0 saturated heterocycles. The van der Waals surface area contributed by atoms with Crippen LogP contribution in [0.15, 0.2) is 18.2 Å². The molecule has 0 aliphatic heterocycles. The predicted octanol–water partition coefficient (Wildman–Crippen LogP) is 1.97. The number of hydrogen-bond donors (Lipinski definition) is 1. The van der Waals surface area contributed by atoms with E-state index in [0.717, 1.165) is 0 Å². The Balaban J connectivity index is 2.76. The molecule has 5 heteroatoms. The normalized spacial score (nSPS) is 13.1. The van der Waals surface area contributed by atoms with Crippen LogP contribution in [0, 0.1) is 5.82 Å². The fraction of sp³-hybridized carbons (Fsp3) is 0.455. The molecule has 1 aromatic rings. The minimum absolute atomic E-state index is 0.101. The smallest absolute Gasteiger partial charge is 0.172 e. The van der Waals surface area contributed by atoms with Crippen LogP contribution in [0.2, 0.25) is 5.02 Å². The van der Waals surface area contributed by atoms with Gasteiger partial charge in [0.2, 0.25) is 0 Å². The van der Waals surface area contributed by atoms with Crippen LogP contribution in [0.5, 0.6) is 0 Å². The Labute approximate surface area is 99.3 Å². The molecular weight excluding hydrogens is 233 g/mol. The lowest BCUT2D eigenvalue weighted by atomic mass is 10.1. The van der Waals surface area contributed by atoms with Crippen molar-refractivity contribution < 1.29 is 13.9 Å². The van der Waals surface area contributed by atoms with E-state index in [1.165, 1.54) is 20.3 Å². The highest BCUT2D eigenvalue weighted by molar-refractivity contribution is 6.31. The number of rotatable bonds is 5. The van der Waals surface area contributed by atoms with Crippen molar-refractivity contribution in [2.24, 2.45) is 5.73 Å². The van der Waals surface area contributed by atoms with E-state index in [-0.39, 0.29) is 5.02 Å². The summed E-state index contributed by atoms with van der Waals surface area (Å²) < 4.78 is 23.2. The molecule has 0 aliphatic rings. The van der Waals surface area contributed by atoms with Crippen molar-refractivity contribution in [1.29, 1.82) is 0 Å². The van der Waals surface area contributed by atoms with Crippen LogP contribution in [0.25, 0.3) is 0 Å². The summed E-state index contributed by atoms with van der Waals surface area (Å²) in [6.07, 6.45) is -0.137. The summed E-state index contributed by atoms with van der Waals surface area (Å²) in [6, 6.07) is 4.24. The van der Waals surface area contributed by atoms with Crippen molar-refractivity contribution in [2.75, 3.05) is 14.2 Å². The maximum Gasteiger partial charge on any atom is 0.172 e. The van der Waals surface area contributed by atoms with Gasteiger partial charge in [0.05, 0.1) is 11.1 Å². The summed E-state index contributed by atoms with van der Waals surface area (Å²) in [5.74, 6) is -0.447. The van der Waals surface area contributed by atoms with Crippen LogP contribution >= 0.6 is 11.6 Å². The minimum atomic E-state index is -0.528. The van der Waals surface area contributed by atoms with E-state index in [2.05, 4.69) is 0 Å². The monoisotopic (exact) mass is 247 g/mol. The van der Waals surface area contributed by atoms with E-state index in [4.69, 9.17) is 26.8 Å². The third-order valence-corrected chi connectivity index (χ3v) is 2.72. The average molecular weight is 248 g/mol. The Morgan fingerprint density at radius 3 is 2.56 bits per heavy atom. The van der Waals surface area contributed by atoms with Gasteiger partial charge in [-0.1, -0.05) is 23.7 Å². The van der Waals surface area contributed by atoms with Gasteiger partial charge in [-0.2, -0.15) is 0 Å². The van der Waals surface area contributed by atoms with Crippen LogP contribution in [0.3, 0.4) is 0 Å². The fourth-order valence-corrected chi connectivity index (χ4v) is 1.71. The molecule has 0 spiro atoms. The number of halogens is 2. The Morgan fingerprint density at radius 2 is 2.00 bits per heavy atom. The second-order valence-electron chi connectivity index (χ2n) is 3.42. The van der Waals surface area contributed by atoms with Gasteiger partial charge >= 0.3 is 0 Å². The number of benzene rings is 1. The molecule has 0 aliphatic carbocycles. The zero-order chi connectivity index (χ0) is 12.1. The van der Waals surface area contributed by atoms with Crippen molar-refractivity contribution in [1.82, 2.24) is 0 Å². The third-order valence-electron chi connectivity index (χ3n) is 2.30. The molecule has 16 heavy (non-hydrogen) atoms. The molecule has 3 nitrogen and oxygen atoms in total. The quantitative estimate of drug-likeness (QED) is 0.809. The highest BCUT2D eigenvalue weighted by Gasteiger charge is 2.18. The van der Waals surface area contributed by atoms with Gasteiger partial charge in [-0.3, -0.25) is 0 Å². The van der Waals surface area contributed by atoms with Gasteiger partial charge in [0, 0.05) is 14.2 Å². The summed E-state index contributed by atoms with van der Waals surface area (Å²) in [6.45, 7) is 0. The molecule has 1 unspecified atom stereocenters. The molecule has 1 atom stereocenters. The Hall–Kier alpha value is -0.680. The lowest BCUT2D eigenvalue weighted by Gasteiger charge is -2.21. The lowest BCUT2D eigenvalue weighted by molar-refractivity contribution is -0.115. The van der Waals surface area contributed by atoms with Gasteiger partial charge in [-0.05, 0) is 18.1 Å². The van der Waals surface area contributed by atoms with E-state index in [1.54, 1.807) is 12.1 Å². The predicted molar refractivity (Wildman–Crippen MR) is 60.9 cm³/mol. The molecular formula is C11H15ClFNO2. The first-order chi connectivity index (χ1) is 7.60. The molecule has 0 amide bonds. The summed E-state index contributed by atoms with van der Waals surface area (Å²) in [5.41, 5.74) is 6.51. The van der Waals surface area contributed by atoms with Crippen molar-refractivity contribution >= 4 is 11.6 Å². The molecule has 0 saturated carbocycles. The van der Waals surface area contributed by atoms with Crippen LogP contribution in [0.4, 0.5) is 4.39 Å². The van der Waals surface area contributed by atoms with E-state index in [0.29, 0.717) is 12.0 Å². The molecule has 2 N–H and O–H groups in total. The van der Waals surface area contributed by atoms with Gasteiger partial charge in [-0.25, -0.2) is 4.39 Å². The van der Waals surface area contributed by atoms with Gasteiger partial charge < -0.3 is 15.2 Å². The zero-order valence-corrected chi connectivity index (χ0v) is 10.00. The third kappa shape index (κ3) is 3.15. The Morgan fingerprint density at radius 1 is 1.38 bits per heavy atom. The minimum Gasteiger partial charge on any atom is -0.354 e. The number of nitrogens with two attached hydrogens (primary N) is 1. The van der Waals surface area contributed by atoms with E-state index >= 15 is 0 Å². The standard InChI is InChI=1S/C11H15ClFNO2/c1-15-11(16-2)9(14)6-7-4-3-5-8(13)10(7)12/h3-5,9,11H,6,14H2,1-2H3. The molecule has 0 heterocycles. The summed E-state index contributed by atoms with van der Waals surface area (Å²) >= 11 is 5.82. The van der Waals surface area contributed by atoms with Crippen LogP contribution in [-0.2, 0) is 15.9 Å². The first kappa shape index (κ1) is 13.4. The van der Waals surface area contributed by atoms with Crippen LogP contribution < -0.4 is 5.73 Å². The topological polar surface area (TPSA) is 44.5 Å². The Bertz CT molecular complexity index is 345. The van der Waals surface area contributed by atoms with Crippen LogP contribution in [0.1, 0.15) is 5.56 Å². The summed E-state index contributed by atoms with van der Waals surface area (Å²) in [7, 11) is 3.00. The van der Waals surface area contributed by atoms with Crippen LogP contribution in [-0.4, -0.2) is 26.6 Å². The highest BCUT2D eigenvalue weighted by Crippen LogP contribution is 2.21. The van der Waals surface area contributed by atoms with E-state index in [1.807, 2.05) is 0 Å². The maximum absolute atomic E-state index is 13.2. The lowest BCUT2D eigenvalue weighted by Crippen LogP contribution is -2.39. The molecule has 0 bridgehead atoms. The second kappa shape index (κ2) is 6.15. The SMILES string of the molecule is COC(OC)C(N)Cc1cccc(F)c1Cl. The maximum atomic E-state index is 13.2. The molecule has 1 aromatic carbocycles. The molecule has 1 rings (SSSR count). The van der Waals surface area contributed by atoms with Gasteiger partial charge in [0.1, 0.15) is 5.82 Å². The second-order valence-corrected chi connectivity index (χ2v) is 3.80. The van der Waals surface area contributed by atoms with Gasteiger partial charge in [0.25, 0.3) is 0 Å². The van der Waals surface area contributed by atoms with Gasteiger partial charge in [-0.15, -0.1) is 0 Å². The summed E-state index contributed by atoms with van der Waals surface area (Å²) in [4.78, 5) is 0. The number of methoxy groups -OCH3 is 2. The number of ether oxygens (including phenoxy) is 2.